The van der Waals surface area contributed by atoms with E-state index in [4.69, 9.17) is 0 Å². The van der Waals surface area contributed by atoms with Crippen LogP contribution in [0.5, 0.6) is 0 Å². The number of alkyl halides is 6. The topological polar surface area (TPSA) is 15.3 Å². The van der Waals surface area contributed by atoms with Gasteiger partial charge in [-0.2, -0.15) is 26.3 Å². The summed E-state index contributed by atoms with van der Waals surface area (Å²) >= 11 is 0. The van der Waals surface area contributed by atoms with Crippen molar-refractivity contribution in [3.8, 4) is 0 Å². The van der Waals surface area contributed by atoms with Crippen molar-refractivity contribution in [1.29, 1.82) is 0 Å². The molecule has 0 spiro atoms. The van der Waals surface area contributed by atoms with E-state index in [1.165, 1.54) is 0 Å². The SMILES string of the molecule is Cl.Cl.Fc1ccc([C@H](CCC(F)(F)F)N2CCNCC2)cc1C(F)(F)F. The summed E-state index contributed by atoms with van der Waals surface area (Å²) in [6.45, 7) is 1.91. The summed E-state index contributed by atoms with van der Waals surface area (Å²) in [7, 11) is 0. The van der Waals surface area contributed by atoms with Gasteiger partial charge in [0.15, 0.2) is 0 Å². The number of piperazine rings is 1. The van der Waals surface area contributed by atoms with Crippen molar-refractivity contribution in [2.75, 3.05) is 26.2 Å². The average Bonchev–Trinajstić information content (AvgIpc) is 2.47. The minimum Gasteiger partial charge on any atom is -0.314 e. The molecule has 0 saturated carbocycles. The normalized spacial score (nSPS) is 17.2. The van der Waals surface area contributed by atoms with Crippen LogP contribution >= 0.6 is 24.8 Å². The Morgan fingerprint density at radius 1 is 1.00 bits per heavy atom. The zero-order valence-corrected chi connectivity index (χ0v) is 15.1. The number of halogens is 9. The van der Waals surface area contributed by atoms with E-state index >= 15 is 0 Å². The molecule has 26 heavy (non-hydrogen) atoms. The number of rotatable bonds is 4. The van der Waals surface area contributed by atoms with Crippen molar-refractivity contribution in [3.63, 3.8) is 0 Å². The van der Waals surface area contributed by atoms with Crippen LogP contribution in [0.1, 0.15) is 30.0 Å². The fraction of sp³-hybridized carbons (Fsp3) is 0.600. The zero-order chi connectivity index (χ0) is 18.0. The van der Waals surface area contributed by atoms with Gasteiger partial charge in [-0.15, -0.1) is 24.8 Å². The van der Waals surface area contributed by atoms with Gasteiger partial charge in [-0.3, -0.25) is 4.90 Å². The summed E-state index contributed by atoms with van der Waals surface area (Å²) in [6.07, 6.45) is -10.8. The van der Waals surface area contributed by atoms with Crippen molar-refractivity contribution < 1.29 is 30.7 Å². The van der Waals surface area contributed by atoms with Crippen LogP contribution in [0.2, 0.25) is 0 Å². The summed E-state index contributed by atoms with van der Waals surface area (Å²) in [4.78, 5) is 1.70. The summed E-state index contributed by atoms with van der Waals surface area (Å²) in [5, 5.41) is 3.03. The molecule has 1 aliphatic rings. The van der Waals surface area contributed by atoms with Crippen molar-refractivity contribution in [2.24, 2.45) is 0 Å². The molecule has 0 aliphatic carbocycles. The maximum absolute atomic E-state index is 13.4. The molecule has 1 heterocycles. The molecule has 0 aromatic heterocycles. The lowest BCUT2D eigenvalue weighted by atomic mass is 9.97. The highest BCUT2D eigenvalue weighted by molar-refractivity contribution is 5.85. The summed E-state index contributed by atoms with van der Waals surface area (Å²) in [5.74, 6) is -1.43. The molecule has 1 atom stereocenters. The van der Waals surface area contributed by atoms with Gasteiger partial charge in [-0.05, 0) is 24.1 Å². The molecule has 11 heteroatoms. The van der Waals surface area contributed by atoms with Crippen LogP contribution in [0.3, 0.4) is 0 Å². The standard InChI is InChI=1S/C15H17F7N2.2ClH/c16-12-2-1-10(9-11(12)15(20,21)22)13(3-4-14(17,18)19)24-7-5-23-6-8-24;;/h1-2,9,13,23H,3-8H2;2*1H/t13-;;/m0../s1. The molecule has 1 N–H and O–H groups in total. The van der Waals surface area contributed by atoms with E-state index in [2.05, 4.69) is 5.32 Å². The minimum atomic E-state index is -4.89. The van der Waals surface area contributed by atoms with Gasteiger partial charge < -0.3 is 5.32 Å². The molecule has 1 aliphatic heterocycles. The number of nitrogens with zero attached hydrogens (tertiary/aromatic N) is 1. The smallest absolute Gasteiger partial charge is 0.314 e. The van der Waals surface area contributed by atoms with E-state index < -0.39 is 36.2 Å². The third kappa shape index (κ3) is 7.09. The molecule has 0 bridgehead atoms. The Bertz CT molecular complexity index is 558. The third-order valence-corrected chi connectivity index (χ3v) is 3.97. The van der Waals surface area contributed by atoms with Crippen LogP contribution in [-0.2, 0) is 6.18 Å². The Balaban J connectivity index is 0.00000312. The first kappa shape index (κ1) is 25.2. The van der Waals surface area contributed by atoms with E-state index in [1.54, 1.807) is 4.90 Å². The van der Waals surface area contributed by atoms with Crippen molar-refractivity contribution in [2.45, 2.75) is 31.2 Å². The Labute approximate surface area is 158 Å². The minimum absolute atomic E-state index is 0. The van der Waals surface area contributed by atoms with E-state index in [0.29, 0.717) is 38.3 Å². The largest absolute Gasteiger partial charge is 0.419 e. The highest BCUT2D eigenvalue weighted by atomic mass is 35.5. The Morgan fingerprint density at radius 2 is 1.58 bits per heavy atom. The number of benzene rings is 1. The number of hydrogen-bond acceptors (Lipinski definition) is 2. The van der Waals surface area contributed by atoms with Gasteiger partial charge in [0.1, 0.15) is 5.82 Å². The molecular formula is C15H19Cl2F7N2. The van der Waals surface area contributed by atoms with Crippen molar-refractivity contribution in [3.05, 3.63) is 35.1 Å². The first-order valence-corrected chi connectivity index (χ1v) is 7.46. The first-order valence-electron chi connectivity index (χ1n) is 7.46. The number of hydrogen-bond donors (Lipinski definition) is 1. The summed E-state index contributed by atoms with van der Waals surface area (Å²) in [5.41, 5.74) is -1.40. The van der Waals surface area contributed by atoms with E-state index in [-0.39, 0.29) is 36.8 Å². The van der Waals surface area contributed by atoms with Crippen molar-refractivity contribution in [1.82, 2.24) is 10.2 Å². The average molecular weight is 431 g/mol. The van der Waals surface area contributed by atoms with E-state index in [1.807, 2.05) is 0 Å². The van der Waals surface area contributed by atoms with E-state index in [0.717, 1.165) is 6.07 Å². The van der Waals surface area contributed by atoms with Gasteiger partial charge >= 0.3 is 12.4 Å². The second-order valence-corrected chi connectivity index (χ2v) is 5.69. The lowest BCUT2D eigenvalue weighted by Gasteiger charge is -2.35. The van der Waals surface area contributed by atoms with Gasteiger partial charge in [-0.1, -0.05) is 6.07 Å². The maximum Gasteiger partial charge on any atom is 0.419 e. The molecule has 0 amide bonds. The second kappa shape index (κ2) is 9.96. The van der Waals surface area contributed by atoms with Crippen LogP contribution < -0.4 is 5.32 Å². The fourth-order valence-electron chi connectivity index (χ4n) is 2.82. The molecule has 152 valence electrons. The van der Waals surface area contributed by atoms with Gasteiger partial charge in [0.25, 0.3) is 0 Å². The molecule has 2 rings (SSSR count). The van der Waals surface area contributed by atoms with Crippen LogP contribution in [0.25, 0.3) is 0 Å². The van der Waals surface area contributed by atoms with Crippen LogP contribution in [-0.4, -0.2) is 37.3 Å². The van der Waals surface area contributed by atoms with Crippen LogP contribution in [0, 0.1) is 5.82 Å². The first-order chi connectivity index (χ1) is 11.1. The molecule has 1 aromatic rings. The predicted octanol–water partition coefficient (Wildman–Crippen LogP) is 4.98. The van der Waals surface area contributed by atoms with Crippen LogP contribution in [0.15, 0.2) is 18.2 Å². The highest BCUT2D eigenvalue weighted by Gasteiger charge is 2.36. The third-order valence-electron chi connectivity index (χ3n) is 3.97. The Kier molecular flexibility index (Phi) is 9.67. The molecule has 0 unspecified atom stereocenters. The molecule has 0 radical (unpaired) electrons. The van der Waals surface area contributed by atoms with Crippen molar-refractivity contribution >= 4 is 24.8 Å². The molecular weight excluding hydrogens is 412 g/mol. The lowest BCUT2D eigenvalue weighted by molar-refractivity contribution is -0.141. The van der Waals surface area contributed by atoms with Gasteiger partial charge in [0, 0.05) is 38.6 Å². The molecule has 1 saturated heterocycles. The van der Waals surface area contributed by atoms with Crippen LogP contribution in [0.4, 0.5) is 30.7 Å². The monoisotopic (exact) mass is 430 g/mol. The zero-order valence-electron chi connectivity index (χ0n) is 13.5. The molecule has 1 fully saturated rings. The Hall–Kier alpha value is -0.770. The van der Waals surface area contributed by atoms with Gasteiger partial charge in [-0.25, -0.2) is 4.39 Å². The maximum atomic E-state index is 13.4. The van der Waals surface area contributed by atoms with Gasteiger partial charge in [0.2, 0.25) is 0 Å². The second-order valence-electron chi connectivity index (χ2n) is 5.69. The van der Waals surface area contributed by atoms with Gasteiger partial charge in [0.05, 0.1) is 5.56 Å². The molecule has 1 aromatic carbocycles. The fourth-order valence-corrected chi connectivity index (χ4v) is 2.82. The quantitative estimate of drug-likeness (QED) is 0.677. The Morgan fingerprint density at radius 3 is 2.08 bits per heavy atom. The summed E-state index contributed by atoms with van der Waals surface area (Å²) < 4.78 is 89.7. The highest BCUT2D eigenvalue weighted by Crippen LogP contribution is 2.36. The van der Waals surface area contributed by atoms with E-state index in [9.17, 15) is 30.7 Å². The number of nitrogens with one attached hydrogen (secondary N) is 1. The molecule has 2 nitrogen and oxygen atoms in total. The lowest BCUT2D eigenvalue weighted by Crippen LogP contribution is -2.45. The predicted molar refractivity (Wildman–Crippen MR) is 88.4 cm³/mol. The summed E-state index contributed by atoms with van der Waals surface area (Å²) in [6, 6.07) is 1.59.